The van der Waals surface area contributed by atoms with E-state index in [0.29, 0.717) is 38.2 Å². The molecule has 1 aliphatic rings. The number of aryl methyl sites for hydroxylation is 1. The number of benzene rings is 1. The van der Waals surface area contributed by atoms with Gasteiger partial charge >= 0.3 is 0 Å². The molecular formula is C19H21N7O. The Balaban J connectivity index is 1.43. The first kappa shape index (κ1) is 17.1. The van der Waals surface area contributed by atoms with Crippen molar-refractivity contribution in [2.24, 2.45) is 0 Å². The Bertz CT molecular complexity index is 959. The number of piperazine rings is 1. The van der Waals surface area contributed by atoms with Gasteiger partial charge in [0.1, 0.15) is 6.33 Å². The summed E-state index contributed by atoms with van der Waals surface area (Å²) in [6, 6.07) is 9.83. The van der Waals surface area contributed by atoms with Crippen molar-refractivity contribution < 1.29 is 4.79 Å². The van der Waals surface area contributed by atoms with Crippen molar-refractivity contribution in [1.29, 1.82) is 0 Å². The molecule has 8 heteroatoms. The van der Waals surface area contributed by atoms with Gasteiger partial charge in [0.2, 0.25) is 5.91 Å². The Kier molecular flexibility index (Phi) is 4.78. The number of carbonyl (C=O) groups excluding carboxylic acids is 1. The number of fused-ring (bicyclic) bond motifs is 1. The Labute approximate surface area is 157 Å². The highest BCUT2D eigenvalue weighted by Gasteiger charge is 2.23. The van der Waals surface area contributed by atoms with Crippen LogP contribution in [-0.4, -0.2) is 61.9 Å². The van der Waals surface area contributed by atoms with Crippen LogP contribution in [0.1, 0.15) is 12.5 Å². The first-order valence-corrected chi connectivity index (χ1v) is 9.07. The molecule has 0 spiro atoms. The van der Waals surface area contributed by atoms with E-state index >= 15 is 0 Å². The van der Waals surface area contributed by atoms with Crippen molar-refractivity contribution in [2.75, 3.05) is 31.1 Å². The lowest BCUT2D eigenvalue weighted by Crippen LogP contribution is -2.48. The first-order chi connectivity index (χ1) is 13.3. The maximum Gasteiger partial charge on any atom is 0.246 e. The molecule has 1 fully saturated rings. The molecule has 0 saturated carbocycles. The molecule has 1 amide bonds. The lowest BCUT2D eigenvalue weighted by molar-refractivity contribution is -0.126. The molecule has 0 aliphatic carbocycles. The fourth-order valence-electron chi connectivity index (χ4n) is 3.20. The molecule has 0 atom stereocenters. The molecule has 8 nitrogen and oxygen atoms in total. The minimum atomic E-state index is 0.0308. The summed E-state index contributed by atoms with van der Waals surface area (Å²) in [6.45, 7) is 5.41. The predicted molar refractivity (Wildman–Crippen MR) is 103 cm³/mol. The van der Waals surface area contributed by atoms with E-state index in [2.05, 4.69) is 25.2 Å². The zero-order chi connectivity index (χ0) is 18.6. The fraction of sp³-hybridized carbons (Fsp3) is 0.316. The van der Waals surface area contributed by atoms with Gasteiger partial charge < -0.3 is 9.80 Å². The van der Waals surface area contributed by atoms with E-state index in [0.717, 1.165) is 17.0 Å². The van der Waals surface area contributed by atoms with Crippen LogP contribution in [0.2, 0.25) is 0 Å². The van der Waals surface area contributed by atoms with Crippen LogP contribution in [0.3, 0.4) is 0 Å². The van der Waals surface area contributed by atoms with Gasteiger partial charge in [0.05, 0.1) is 0 Å². The van der Waals surface area contributed by atoms with Crippen LogP contribution in [0, 0.1) is 0 Å². The monoisotopic (exact) mass is 363 g/mol. The highest BCUT2D eigenvalue weighted by atomic mass is 16.2. The number of rotatable bonds is 4. The Hall–Kier alpha value is -3.29. The molecule has 138 valence electrons. The van der Waals surface area contributed by atoms with E-state index < -0.39 is 0 Å². The molecule has 3 aromatic rings. The van der Waals surface area contributed by atoms with Gasteiger partial charge in [0.15, 0.2) is 17.0 Å². The van der Waals surface area contributed by atoms with Crippen LogP contribution in [0.25, 0.3) is 17.2 Å². The molecule has 3 heterocycles. The van der Waals surface area contributed by atoms with Gasteiger partial charge in [-0.25, -0.2) is 14.6 Å². The Morgan fingerprint density at radius 3 is 2.63 bits per heavy atom. The van der Waals surface area contributed by atoms with Crippen molar-refractivity contribution in [3.8, 4) is 0 Å². The van der Waals surface area contributed by atoms with Crippen LogP contribution in [0.4, 0.5) is 5.82 Å². The van der Waals surface area contributed by atoms with Gasteiger partial charge in [-0.05, 0) is 18.6 Å². The highest BCUT2D eigenvalue weighted by Crippen LogP contribution is 2.21. The topological polar surface area (TPSA) is 80.0 Å². The summed E-state index contributed by atoms with van der Waals surface area (Å²) in [4.78, 5) is 25.1. The van der Waals surface area contributed by atoms with E-state index in [4.69, 9.17) is 0 Å². The molecular weight excluding hydrogens is 342 g/mol. The zero-order valence-corrected chi connectivity index (χ0v) is 15.2. The lowest BCUT2D eigenvalue weighted by Gasteiger charge is -2.34. The Morgan fingerprint density at radius 1 is 1.11 bits per heavy atom. The molecule has 2 aromatic heterocycles. The van der Waals surface area contributed by atoms with Crippen molar-refractivity contribution in [3.05, 3.63) is 48.3 Å². The van der Waals surface area contributed by atoms with Crippen molar-refractivity contribution in [1.82, 2.24) is 29.9 Å². The maximum atomic E-state index is 12.4. The van der Waals surface area contributed by atoms with Crippen LogP contribution in [0.15, 0.2) is 42.7 Å². The summed E-state index contributed by atoms with van der Waals surface area (Å²) < 4.78 is 1.76. The fourth-order valence-corrected chi connectivity index (χ4v) is 3.20. The molecule has 0 radical (unpaired) electrons. The molecule has 1 aliphatic heterocycles. The zero-order valence-electron chi connectivity index (χ0n) is 15.2. The van der Waals surface area contributed by atoms with Crippen LogP contribution in [0.5, 0.6) is 0 Å². The van der Waals surface area contributed by atoms with Crippen molar-refractivity contribution in [3.63, 3.8) is 0 Å². The van der Waals surface area contributed by atoms with Crippen molar-refractivity contribution in [2.45, 2.75) is 13.5 Å². The standard InChI is InChI=1S/C19H21N7O/c1-2-26-19-17(22-23-26)18(20-14-21-19)25-12-10-24(11-13-25)16(27)9-8-15-6-4-3-5-7-15/h3-9,14H,2,10-13H2,1H3/b9-8-. The van der Waals surface area contributed by atoms with Crippen LogP contribution >= 0.6 is 0 Å². The highest BCUT2D eigenvalue weighted by molar-refractivity contribution is 5.92. The molecule has 0 bridgehead atoms. The molecule has 1 aromatic carbocycles. The summed E-state index contributed by atoms with van der Waals surface area (Å²) >= 11 is 0. The number of carbonyl (C=O) groups is 1. The third-order valence-electron chi connectivity index (χ3n) is 4.69. The number of anilines is 1. The summed E-state index contributed by atoms with van der Waals surface area (Å²) in [7, 11) is 0. The van der Waals surface area contributed by atoms with Crippen LogP contribution in [-0.2, 0) is 11.3 Å². The average molecular weight is 363 g/mol. The summed E-state index contributed by atoms with van der Waals surface area (Å²) in [5.74, 6) is 0.815. The van der Waals surface area contributed by atoms with Gasteiger partial charge in [0, 0.05) is 38.8 Å². The number of hydrogen-bond acceptors (Lipinski definition) is 6. The van der Waals surface area contributed by atoms with E-state index in [9.17, 15) is 4.79 Å². The van der Waals surface area contributed by atoms with Gasteiger partial charge in [-0.2, -0.15) is 0 Å². The quantitative estimate of drug-likeness (QED) is 0.655. The third-order valence-corrected chi connectivity index (χ3v) is 4.69. The van der Waals surface area contributed by atoms with E-state index in [-0.39, 0.29) is 5.91 Å². The number of hydrogen-bond donors (Lipinski definition) is 0. The molecule has 0 unspecified atom stereocenters. The van der Waals surface area contributed by atoms with Crippen LogP contribution < -0.4 is 4.90 Å². The minimum Gasteiger partial charge on any atom is -0.351 e. The van der Waals surface area contributed by atoms with Gasteiger partial charge in [-0.3, -0.25) is 4.79 Å². The van der Waals surface area contributed by atoms with E-state index in [1.54, 1.807) is 17.1 Å². The normalized spacial score (nSPS) is 15.0. The average Bonchev–Trinajstić information content (AvgIpc) is 3.16. The second-order valence-electron chi connectivity index (χ2n) is 6.33. The van der Waals surface area contributed by atoms with Gasteiger partial charge in [-0.1, -0.05) is 35.5 Å². The van der Waals surface area contributed by atoms with E-state index in [1.807, 2.05) is 48.2 Å². The molecule has 0 N–H and O–H groups in total. The maximum absolute atomic E-state index is 12.4. The van der Waals surface area contributed by atoms with E-state index in [1.165, 1.54) is 0 Å². The smallest absolute Gasteiger partial charge is 0.246 e. The number of amides is 1. The lowest BCUT2D eigenvalue weighted by atomic mass is 10.2. The first-order valence-electron chi connectivity index (χ1n) is 9.07. The summed E-state index contributed by atoms with van der Waals surface area (Å²) in [6.07, 6.45) is 5.04. The molecule has 27 heavy (non-hydrogen) atoms. The molecule has 4 rings (SSSR count). The second kappa shape index (κ2) is 7.53. The SMILES string of the molecule is CCn1nnc2c(N3CCN(C(=O)/C=C\c4ccccc4)CC3)ncnc21. The van der Waals surface area contributed by atoms with Gasteiger partial charge in [-0.15, -0.1) is 5.10 Å². The minimum absolute atomic E-state index is 0.0308. The number of nitrogens with zero attached hydrogens (tertiary/aromatic N) is 7. The second-order valence-corrected chi connectivity index (χ2v) is 6.33. The third kappa shape index (κ3) is 3.51. The summed E-state index contributed by atoms with van der Waals surface area (Å²) in [5.41, 5.74) is 2.47. The largest absolute Gasteiger partial charge is 0.351 e. The number of aromatic nitrogens is 5. The van der Waals surface area contributed by atoms with Gasteiger partial charge in [0.25, 0.3) is 0 Å². The predicted octanol–water partition coefficient (Wildman–Crippen LogP) is 1.60. The molecule has 1 saturated heterocycles. The Morgan fingerprint density at radius 2 is 1.89 bits per heavy atom. The van der Waals surface area contributed by atoms with Crippen molar-refractivity contribution >= 4 is 29.0 Å². The summed E-state index contributed by atoms with van der Waals surface area (Å²) in [5, 5.41) is 8.37.